The third kappa shape index (κ3) is 2.81. The van der Waals surface area contributed by atoms with E-state index >= 15 is 0 Å². The molecule has 0 bridgehead atoms. The number of sulfonamides is 1. The zero-order valence-corrected chi connectivity index (χ0v) is 11.5. The topological polar surface area (TPSA) is 68.2 Å². The van der Waals surface area contributed by atoms with Gasteiger partial charge in [0.05, 0.1) is 18.5 Å². The number of hydrogen-bond donors (Lipinski definition) is 1. The van der Waals surface area contributed by atoms with Gasteiger partial charge in [0.25, 0.3) is 0 Å². The zero-order valence-electron chi connectivity index (χ0n) is 10.7. The molecule has 1 heterocycles. The van der Waals surface area contributed by atoms with Crippen molar-refractivity contribution in [3.05, 3.63) is 23.0 Å². The number of ketones is 1. The highest BCUT2D eigenvalue weighted by Crippen LogP contribution is 2.24. The van der Waals surface area contributed by atoms with Crippen molar-refractivity contribution in [1.29, 1.82) is 0 Å². The SMILES string of the molecule is Cn1c(C(=O)CNS(C)(=O)=O)cc2c1CCCC2. The Bertz CT molecular complexity index is 572. The van der Waals surface area contributed by atoms with Gasteiger partial charge in [-0.3, -0.25) is 4.79 Å². The first kappa shape index (κ1) is 13.3. The van der Waals surface area contributed by atoms with Gasteiger partial charge < -0.3 is 4.57 Å². The summed E-state index contributed by atoms with van der Waals surface area (Å²) in [6.07, 6.45) is 5.37. The molecule has 6 heteroatoms. The Kier molecular flexibility index (Phi) is 3.59. The maximum Gasteiger partial charge on any atom is 0.209 e. The summed E-state index contributed by atoms with van der Waals surface area (Å²) in [5, 5.41) is 0. The van der Waals surface area contributed by atoms with E-state index in [2.05, 4.69) is 4.72 Å². The number of aromatic nitrogens is 1. The summed E-state index contributed by atoms with van der Waals surface area (Å²) < 4.78 is 26.1. The summed E-state index contributed by atoms with van der Waals surface area (Å²) >= 11 is 0. The molecular formula is C12H18N2O3S. The molecule has 0 aromatic carbocycles. The molecule has 1 aliphatic rings. The summed E-state index contributed by atoms with van der Waals surface area (Å²) in [5.74, 6) is -0.183. The van der Waals surface area contributed by atoms with E-state index in [1.165, 1.54) is 11.3 Å². The maximum atomic E-state index is 12.0. The summed E-state index contributed by atoms with van der Waals surface area (Å²) in [6.45, 7) is -0.171. The van der Waals surface area contributed by atoms with Crippen molar-refractivity contribution in [1.82, 2.24) is 9.29 Å². The predicted molar refractivity (Wildman–Crippen MR) is 69.2 cm³/mol. The first-order chi connectivity index (χ1) is 8.38. The van der Waals surface area contributed by atoms with Crippen molar-refractivity contribution in [2.24, 2.45) is 7.05 Å². The van der Waals surface area contributed by atoms with Gasteiger partial charge in [-0.15, -0.1) is 0 Å². The Morgan fingerprint density at radius 1 is 1.39 bits per heavy atom. The number of carbonyl (C=O) groups is 1. The molecule has 1 aromatic rings. The average molecular weight is 270 g/mol. The molecule has 0 aliphatic heterocycles. The molecule has 5 nitrogen and oxygen atoms in total. The van der Waals surface area contributed by atoms with E-state index in [0.717, 1.165) is 31.9 Å². The fourth-order valence-corrected chi connectivity index (χ4v) is 2.81. The monoisotopic (exact) mass is 270 g/mol. The molecular weight excluding hydrogens is 252 g/mol. The highest BCUT2D eigenvalue weighted by atomic mass is 32.2. The zero-order chi connectivity index (χ0) is 13.3. The minimum absolute atomic E-state index is 0.171. The number of nitrogens with one attached hydrogen (secondary N) is 1. The minimum atomic E-state index is -3.32. The van der Waals surface area contributed by atoms with Gasteiger partial charge in [0, 0.05) is 12.7 Å². The number of rotatable bonds is 4. The highest BCUT2D eigenvalue weighted by Gasteiger charge is 2.20. The van der Waals surface area contributed by atoms with Crippen molar-refractivity contribution in [3.63, 3.8) is 0 Å². The molecule has 18 heavy (non-hydrogen) atoms. The normalized spacial score (nSPS) is 15.4. The van der Waals surface area contributed by atoms with E-state index in [1.54, 1.807) is 0 Å². The van der Waals surface area contributed by atoms with E-state index in [0.29, 0.717) is 5.69 Å². The van der Waals surface area contributed by atoms with Gasteiger partial charge >= 0.3 is 0 Å². The van der Waals surface area contributed by atoms with Crippen LogP contribution in [0.15, 0.2) is 6.07 Å². The number of fused-ring (bicyclic) bond motifs is 1. The number of hydrogen-bond acceptors (Lipinski definition) is 3. The molecule has 0 unspecified atom stereocenters. The van der Waals surface area contributed by atoms with Crippen LogP contribution < -0.4 is 4.72 Å². The van der Waals surface area contributed by atoms with Crippen LogP contribution in [0.25, 0.3) is 0 Å². The maximum absolute atomic E-state index is 12.0. The smallest absolute Gasteiger partial charge is 0.209 e. The lowest BCUT2D eigenvalue weighted by atomic mass is 9.98. The highest BCUT2D eigenvalue weighted by molar-refractivity contribution is 7.88. The second-order valence-electron chi connectivity index (χ2n) is 4.78. The van der Waals surface area contributed by atoms with Crippen LogP contribution in [0.4, 0.5) is 0 Å². The molecule has 0 saturated carbocycles. The van der Waals surface area contributed by atoms with E-state index in [9.17, 15) is 13.2 Å². The predicted octanol–water partition coefficient (Wildman–Crippen LogP) is 0.636. The molecule has 1 aliphatic carbocycles. The van der Waals surface area contributed by atoms with E-state index in [-0.39, 0.29) is 12.3 Å². The molecule has 0 saturated heterocycles. The Balaban J connectivity index is 2.18. The lowest BCUT2D eigenvalue weighted by Gasteiger charge is -2.13. The summed E-state index contributed by atoms with van der Waals surface area (Å²) in [4.78, 5) is 12.0. The van der Waals surface area contributed by atoms with Crippen molar-refractivity contribution in [2.75, 3.05) is 12.8 Å². The molecule has 2 rings (SSSR count). The Morgan fingerprint density at radius 3 is 2.67 bits per heavy atom. The third-order valence-corrected chi connectivity index (χ3v) is 4.01. The van der Waals surface area contributed by atoms with Gasteiger partial charge in [0.2, 0.25) is 10.0 Å². The quantitative estimate of drug-likeness (QED) is 0.816. The largest absolute Gasteiger partial charge is 0.345 e. The molecule has 100 valence electrons. The summed E-state index contributed by atoms with van der Waals surface area (Å²) in [5.41, 5.74) is 3.04. The second kappa shape index (κ2) is 4.85. The van der Waals surface area contributed by atoms with Gasteiger partial charge in [-0.05, 0) is 37.3 Å². The van der Waals surface area contributed by atoms with Crippen molar-refractivity contribution in [3.8, 4) is 0 Å². The molecule has 0 fully saturated rings. The van der Waals surface area contributed by atoms with Gasteiger partial charge in [-0.25, -0.2) is 13.1 Å². The van der Waals surface area contributed by atoms with E-state index in [1.807, 2.05) is 17.7 Å². The van der Waals surface area contributed by atoms with Crippen LogP contribution in [0.2, 0.25) is 0 Å². The molecule has 1 aromatic heterocycles. The average Bonchev–Trinajstić information content (AvgIpc) is 2.64. The molecule has 0 atom stereocenters. The van der Waals surface area contributed by atoms with Gasteiger partial charge in [0.1, 0.15) is 0 Å². The van der Waals surface area contributed by atoms with Crippen LogP contribution >= 0.6 is 0 Å². The fourth-order valence-electron chi connectivity index (χ4n) is 2.41. The van der Waals surface area contributed by atoms with E-state index in [4.69, 9.17) is 0 Å². The Morgan fingerprint density at radius 2 is 2.06 bits per heavy atom. The van der Waals surface area contributed by atoms with Crippen LogP contribution in [0, 0.1) is 0 Å². The lowest BCUT2D eigenvalue weighted by molar-refractivity contribution is 0.0989. The Labute approximate surface area is 107 Å². The first-order valence-electron chi connectivity index (χ1n) is 6.04. The number of carbonyl (C=O) groups excluding carboxylic acids is 1. The van der Waals surface area contributed by atoms with Crippen LogP contribution in [0.5, 0.6) is 0 Å². The van der Waals surface area contributed by atoms with Gasteiger partial charge in [-0.1, -0.05) is 0 Å². The summed E-state index contributed by atoms with van der Waals surface area (Å²) in [7, 11) is -1.45. The minimum Gasteiger partial charge on any atom is -0.345 e. The lowest BCUT2D eigenvalue weighted by Crippen LogP contribution is -2.29. The van der Waals surface area contributed by atoms with Crippen LogP contribution in [0.3, 0.4) is 0 Å². The summed E-state index contributed by atoms with van der Waals surface area (Å²) in [6, 6.07) is 1.90. The third-order valence-electron chi connectivity index (χ3n) is 3.34. The number of aryl methyl sites for hydroxylation is 1. The molecule has 0 spiro atoms. The van der Waals surface area contributed by atoms with Crippen LogP contribution in [0.1, 0.15) is 34.6 Å². The van der Waals surface area contributed by atoms with Gasteiger partial charge in [0.15, 0.2) is 5.78 Å². The van der Waals surface area contributed by atoms with Gasteiger partial charge in [-0.2, -0.15) is 0 Å². The molecule has 1 N–H and O–H groups in total. The van der Waals surface area contributed by atoms with Crippen molar-refractivity contribution in [2.45, 2.75) is 25.7 Å². The molecule has 0 radical (unpaired) electrons. The van der Waals surface area contributed by atoms with Crippen molar-refractivity contribution >= 4 is 15.8 Å². The Hall–Kier alpha value is -1.14. The van der Waals surface area contributed by atoms with Crippen molar-refractivity contribution < 1.29 is 13.2 Å². The second-order valence-corrected chi connectivity index (χ2v) is 6.62. The fraction of sp³-hybridized carbons (Fsp3) is 0.583. The van der Waals surface area contributed by atoms with Crippen LogP contribution in [-0.2, 0) is 29.9 Å². The first-order valence-corrected chi connectivity index (χ1v) is 7.93. The molecule has 0 amide bonds. The number of nitrogens with zero attached hydrogens (tertiary/aromatic N) is 1. The van der Waals surface area contributed by atoms with E-state index < -0.39 is 10.0 Å². The number of Topliss-reactive ketones (excluding diaryl/α,β-unsaturated/α-hetero) is 1. The standard InChI is InChI=1S/C12H18N2O3S/c1-14-10-6-4-3-5-9(10)7-11(14)12(15)8-13-18(2,16)17/h7,13H,3-6,8H2,1-2H3. The van der Waals surface area contributed by atoms with Crippen LogP contribution in [-0.4, -0.2) is 31.6 Å².